The van der Waals surface area contributed by atoms with Crippen LogP contribution in [0, 0.1) is 0 Å². The van der Waals surface area contributed by atoms with Crippen LogP contribution >= 0.6 is 0 Å². The van der Waals surface area contributed by atoms with Gasteiger partial charge >= 0.3 is 11.9 Å². The Morgan fingerprint density at radius 3 is 2.21 bits per heavy atom. The van der Waals surface area contributed by atoms with Crippen molar-refractivity contribution in [2.45, 2.75) is 18.7 Å². The number of hydrogen-bond acceptors (Lipinski definition) is 8. The number of rotatable bonds is 9. The number of anilines is 1. The van der Waals surface area contributed by atoms with E-state index in [1.54, 1.807) is 30.3 Å². The number of hydrogen-bond donors (Lipinski definition) is 1. The van der Waals surface area contributed by atoms with E-state index in [1.807, 2.05) is 0 Å². The number of methoxy groups -OCH3 is 2. The van der Waals surface area contributed by atoms with E-state index >= 15 is 0 Å². The molecule has 10 heteroatoms. The average molecular weight is 421 g/mol. The average Bonchev–Trinajstić information content (AvgIpc) is 2.75. The second kappa shape index (κ2) is 10.6. The molecule has 156 valence electrons. The highest BCUT2D eigenvalue weighted by molar-refractivity contribution is 7.80. The third-order valence-corrected chi connectivity index (χ3v) is 4.78. The fourth-order valence-electron chi connectivity index (χ4n) is 2.53. The number of carbonyl (C=O) groups excluding carboxylic acids is 2. The summed E-state index contributed by atoms with van der Waals surface area (Å²) in [4.78, 5) is 24.8. The summed E-state index contributed by atoms with van der Waals surface area (Å²) in [7, 11) is 2.52. The molecule has 0 saturated heterocycles. The number of nitrogens with zero attached hydrogens (tertiary/aromatic N) is 1. The van der Waals surface area contributed by atoms with E-state index in [1.165, 1.54) is 31.4 Å². The SMILES string of the molecule is COC(=O)C(C(N)C(=O)OCc1ccccc1)N(c1ccc(OC)cc1)S(=O)[O-]. The molecule has 0 saturated carbocycles. The van der Waals surface area contributed by atoms with E-state index in [2.05, 4.69) is 4.74 Å². The summed E-state index contributed by atoms with van der Waals surface area (Å²) in [6.45, 7) is -0.0791. The van der Waals surface area contributed by atoms with Gasteiger partial charge in [-0.25, -0.2) is 4.79 Å². The van der Waals surface area contributed by atoms with Gasteiger partial charge in [-0.3, -0.25) is 13.3 Å². The minimum Gasteiger partial charge on any atom is -0.755 e. The molecular formula is C19H21N2O7S-. The van der Waals surface area contributed by atoms with Crippen LogP contribution in [0.2, 0.25) is 0 Å². The molecule has 3 atom stereocenters. The third-order valence-electron chi connectivity index (χ3n) is 4.02. The maximum atomic E-state index is 12.4. The van der Waals surface area contributed by atoms with Gasteiger partial charge in [-0.15, -0.1) is 0 Å². The summed E-state index contributed by atoms with van der Waals surface area (Å²) in [5.41, 5.74) is 6.73. The van der Waals surface area contributed by atoms with Gasteiger partial charge in [0.25, 0.3) is 0 Å². The zero-order chi connectivity index (χ0) is 21.4. The van der Waals surface area contributed by atoms with Crippen LogP contribution in [0.4, 0.5) is 5.69 Å². The standard InChI is InChI=1S/C19H22N2O7S/c1-26-15-10-8-14(9-11-15)21(29(24)25)17(19(23)27-2)16(20)18(22)28-12-13-6-4-3-5-7-13/h3-11,16-17H,12,20H2,1-2H3,(H,24,25)/p-1. The first kappa shape index (κ1) is 22.3. The molecule has 0 aliphatic heterocycles. The van der Waals surface area contributed by atoms with Gasteiger partial charge in [0.05, 0.1) is 14.2 Å². The van der Waals surface area contributed by atoms with Gasteiger partial charge in [0.2, 0.25) is 0 Å². The largest absolute Gasteiger partial charge is 0.755 e. The van der Waals surface area contributed by atoms with Crippen LogP contribution in [-0.4, -0.2) is 47.0 Å². The lowest BCUT2D eigenvalue weighted by Crippen LogP contribution is -2.57. The zero-order valence-corrected chi connectivity index (χ0v) is 16.7. The van der Waals surface area contributed by atoms with Crippen LogP contribution in [0.5, 0.6) is 5.75 Å². The molecule has 2 aromatic rings. The Morgan fingerprint density at radius 2 is 1.69 bits per heavy atom. The fourth-order valence-corrected chi connectivity index (χ4v) is 3.23. The highest BCUT2D eigenvalue weighted by Crippen LogP contribution is 2.24. The van der Waals surface area contributed by atoms with Crippen molar-refractivity contribution in [3.8, 4) is 5.75 Å². The first-order valence-electron chi connectivity index (χ1n) is 8.45. The van der Waals surface area contributed by atoms with Gasteiger partial charge < -0.3 is 24.5 Å². The summed E-state index contributed by atoms with van der Waals surface area (Å²) >= 11 is -2.94. The molecule has 2 aromatic carbocycles. The van der Waals surface area contributed by atoms with Crippen molar-refractivity contribution >= 4 is 28.9 Å². The minimum absolute atomic E-state index is 0.0791. The minimum atomic E-state index is -2.94. The Labute approximate surface area is 170 Å². The summed E-state index contributed by atoms with van der Waals surface area (Å²) < 4.78 is 39.3. The molecule has 2 rings (SSSR count). The molecule has 2 N–H and O–H groups in total. The van der Waals surface area contributed by atoms with Crippen LogP contribution in [0.15, 0.2) is 54.6 Å². The van der Waals surface area contributed by atoms with Crippen LogP contribution < -0.4 is 14.8 Å². The molecular weight excluding hydrogens is 400 g/mol. The maximum Gasteiger partial charge on any atom is 0.331 e. The normalized spacial score (nSPS) is 13.7. The highest BCUT2D eigenvalue weighted by atomic mass is 32.2. The van der Waals surface area contributed by atoms with Crippen LogP contribution in [0.1, 0.15) is 5.56 Å². The van der Waals surface area contributed by atoms with Crippen LogP contribution in [-0.2, 0) is 36.9 Å². The van der Waals surface area contributed by atoms with Crippen LogP contribution in [0.3, 0.4) is 0 Å². The quantitative estimate of drug-likeness (QED) is 0.467. The Hall–Kier alpha value is -2.95. The van der Waals surface area contributed by atoms with E-state index in [4.69, 9.17) is 15.2 Å². The lowest BCUT2D eigenvalue weighted by atomic mass is 10.1. The zero-order valence-electron chi connectivity index (χ0n) is 15.8. The molecule has 9 nitrogen and oxygen atoms in total. The Balaban J connectivity index is 2.27. The molecule has 0 aliphatic rings. The lowest BCUT2D eigenvalue weighted by molar-refractivity contribution is -0.152. The van der Waals surface area contributed by atoms with Gasteiger partial charge in [0, 0.05) is 17.0 Å². The van der Waals surface area contributed by atoms with Crippen molar-refractivity contribution in [2.75, 3.05) is 18.5 Å². The van der Waals surface area contributed by atoms with Crippen molar-refractivity contribution in [2.24, 2.45) is 5.73 Å². The van der Waals surface area contributed by atoms with Crippen molar-refractivity contribution < 1.29 is 32.6 Å². The molecule has 29 heavy (non-hydrogen) atoms. The molecule has 0 heterocycles. The molecule has 0 radical (unpaired) electrons. The predicted molar refractivity (Wildman–Crippen MR) is 104 cm³/mol. The van der Waals surface area contributed by atoms with Crippen molar-refractivity contribution in [1.82, 2.24) is 0 Å². The summed E-state index contributed by atoms with van der Waals surface area (Å²) in [6.07, 6.45) is 0. The number of ether oxygens (including phenoxy) is 3. The number of esters is 2. The number of nitrogens with two attached hydrogens (primary N) is 1. The smallest absolute Gasteiger partial charge is 0.331 e. The summed E-state index contributed by atoms with van der Waals surface area (Å²) in [5.74, 6) is -1.48. The van der Waals surface area contributed by atoms with E-state index in [-0.39, 0.29) is 12.3 Å². The van der Waals surface area contributed by atoms with Gasteiger partial charge in [-0.2, -0.15) is 0 Å². The van der Waals surface area contributed by atoms with E-state index in [0.29, 0.717) is 15.6 Å². The highest BCUT2D eigenvalue weighted by Gasteiger charge is 2.39. The number of carbonyl (C=O) groups is 2. The van der Waals surface area contributed by atoms with Gasteiger partial charge in [-0.1, -0.05) is 30.3 Å². The third kappa shape index (κ3) is 5.76. The second-order valence-electron chi connectivity index (χ2n) is 5.83. The Bertz CT molecular complexity index is 845. The summed E-state index contributed by atoms with van der Waals surface area (Å²) in [6, 6.07) is 11.4. The Kier molecular flexibility index (Phi) is 8.13. The van der Waals surface area contributed by atoms with E-state index in [9.17, 15) is 18.4 Å². The molecule has 3 unspecified atom stereocenters. The van der Waals surface area contributed by atoms with Gasteiger partial charge in [-0.05, 0) is 29.8 Å². The van der Waals surface area contributed by atoms with Gasteiger partial charge in [0.15, 0.2) is 6.04 Å². The maximum absolute atomic E-state index is 12.4. The topological polar surface area (TPSA) is 131 Å². The Morgan fingerprint density at radius 1 is 1.07 bits per heavy atom. The molecule has 0 bridgehead atoms. The first-order chi connectivity index (χ1) is 13.9. The van der Waals surface area contributed by atoms with Crippen molar-refractivity contribution in [3.63, 3.8) is 0 Å². The van der Waals surface area contributed by atoms with Crippen molar-refractivity contribution in [1.29, 1.82) is 0 Å². The molecule has 0 amide bonds. The molecule has 0 fully saturated rings. The second-order valence-corrected chi connectivity index (χ2v) is 6.66. The molecule has 0 aromatic heterocycles. The number of benzene rings is 2. The van der Waals surface area contributed by atoms with E-state index < -0.39 is 35.3 Å². The predicted octanol–water partition coefficient (Wildman–Crippen LogP) is 0.908. The van der Waals surface area contributed by atoms with Gasteiger partial charge in [0.1, 0.15) is 18.4 Å². The van der Waals surface area contributed by atoms with E-state index in [0.717, 1.165) is 7.11 Å². The molecule has 0 spiro atoms. The first-order valence-corrected chi connectivity index (χ1v) is 9.48. The lowest BCUT2D eigenvalue weighted by Gasteiger charge is -2.35. The monoisotopic (exact) mass is 421 g/mol. The summed E-state index contributed by atoms with van der Waals surface area (Å²) in [5, 5.41) is 0. The van der Waals surface area contributed by atoms with Crippen molar-refractivity contribution in [3.05, 3.63) is 60.2 Å². The van der Waals surface area contributed by atoms with Crippen LogP contribution in [0.25, 0.3) is 0 Å². The molecule has 0 aliphatic carbocycles. The fraction of sp³-hybridized carbons (Fsp3) is 0.263.